The van der Waals surface area contributed by atoms with Crippen LogP contribution in [0.4, 0.5) is 5.69 Å². The van der Waals surface area contributed by atoms with Crippen molar-refractivity contribution in [1.29, 1.82) is 0 Å². The number of hydrogen-bond donors (Lipinski definition) is 1. The van der Waals surface area contributed by atoms with Crippen molar-refractivity contribution in [3.63, 3.8) is 0 Å². The Morgan fingerprint density at radius 1 is 1.40 bits per heavy atom. The van der Waals surface area contributed by atoms with Crippen molar-refractivity contribution in [3.05, 3.63) is 23.1 Å². The Balaban J connectivity index is 2.32. The van der Waals surface area contributed by atoms with Gasteiger partial charge in [0.15, 0.2) is 11.5 Å². The van der Waals surface area contributed by atoms with E-state index in [0.29, 0.717) is 5.92 Å². The van der Waals surface area contributed by atoms with Gasteiger partial charge in [0.25, 0.3) is 0 Å². The molecule has 1 aromatic heterocycles. The smallest absolute Gasteiger partial charge is 0.198 e. The van der Waals surface area contributed by atoms with Crippen LogP contribution in [0.1, 0.15) is 35.8 Å². The Hall–Kier alpha value is -1.51. The molecule has 3 heteroatoms. The number of aromatic nitrogens is 1. The molecule has 0 amide bonds. The summed E-state index contributed by atoms with van der Waals surface area (Å²) in [6.07, 6.45) is 2.42. The van der Waals surface area contributed by atoms with E-state index in [1.54, 1.807) is 0 Å². The first-order valence-corrected chi connectivity index (χ1v) is 5.33. The molecular formula is C12H14N2O. The zero-order valence-electron chi connectivity index (χ0n) is 9.00. The highest BCUT2D eigenvalue weighted by molar-refractivity contribution is 5.84. The van der Waals surface area contributed by atoms with E-state index in [0.717, 1.165) is 33.8 Å². The Bertz CT molecular complexity index is 538. The Labute approximate surface area is 88.3 Å². The van der Waals surface area contributed by atoms with E-state index in [-0.39, 0.29) is 0 Å². The second-order valence-corrected chi connectivity index (χ2v) is 4.41. The normalized spacial score (nSPS) is 16.1. The van der Waals surface area contributed by atoms with Crippen LogP contribution < -0.4 is 5.73 Å². The first-order valence-electron chi connectivity index (χ1n) is 5.33. The molecule has 2 N–H and O–H groups in total. The Morgan fingerprint density at radius 2 is 2.13 bits per heavy atom. The number of benzene rings is 1. The van der Waals surface area contributed by atoms with Gasteiger partial charge < -0.3 is 10.2 Å². The van der Waals surface area contributed by atoms with Crippen LogP contribution in [0, 0.1) is 13.8 Å². The zero-order chi connectivity index (χ0) is 10.6. The minimum Gasteiger partial charge on any atom is -0.440 e. The molecule has 2 aromatic rings. The number of aryl methyl sites for hydroxylation is 2. The maximum Gasteiger partial charge on any atom is 0.198 e. The average Bonchev–Trinajstić information content (AvgIpc) is 2.94. The summed E-state index contributed by atoms with van der Waals surface area (Å²) >= 11 is 0. The highest BCUT2D eigenvalue weighted by Crippen LogP contribution is 2.41. The van der Waals surface area contributed by atoms with Gasteiger partial charge in [0.2, 0.25) is 0 Å². The van der Waals surface area contributed by atoms with Crippen molar-refractivity contribution < 1.29 is 4.42 Å². The van der Waals surface area contributed by atoms with E-state index in [1.165, 1.54) is 12.8 Å². The summed E-state index contributed by atoms with van der Waals surface area (Å²) < 4.78 is 5.79. The highest BCUT2D eigenvalue weighted by atomic mass is 16.3. The lowest BCUT2D eigenvalue weighted by Gasteiger charge is -2.01. The van der Waals surface area contributed by atoms with Gasteiger partial charge in [-0.1, -0.05) is 0 Å². The predicted octanol–water partition coefficient (Wildman–Crippen LogP) is 2.90. The number of nitrogens with two attached hydrogens (primary N) is 1. The van der Waals surface area contributed by atoms with Crippen molar-refractivity contribution in [3.8, 4) is 0 Å². The van der Waals surface area contributed by atoms with Crippen molar-refractivity contribution in [1.82, 2.24) is 4.98 Å². The fourth-order valence-corrected chi connectivity index (χ4v) is 1.91. The maximum absolute atomic E-state index is 5.91. The van der Waals surface area contributed by atoms with Crippen molar-refractivity contribution in [2.24, 2.45) is 0 Å². The topological polar surface area (TPSA) is 52.0 Å². The fourth-order valence-electron chi connectivity index (χ4n) is 1.91. The van der Waals surface area contributed by atoms with Crippen LogP contribution >= 0.6 is 0 Å². The Kier molecular flexibility index (Phi) is 1.61. The van der Waals surface area contributed by atoms with Crippen LogP contribution in [0.15, 0.2) is 10.5 Å². The molecule has 0 unspecified atom stereocenters. The standard InChI is InChI=1S/C12H14N2O/c1-6-5-9(13)7(2)10-11(6)15-12(14-10)8-3-4-8/h5,8H,3-4,13H2,1-2H3. The minimum absolute atomic E-state index is 0.553. The maximum atomic E-state index is 5.91. The van der Waals surface area contributed by atoms with Gasteiger partial charge in [-0.05, 0) is 38.3 Å². The molecule has 78 valence electrons. The molecule has 1 heterocycles. The monoisotopic (exact) mass is 202 g/mol. The van der Waals surface area contributed by atoms with E-state index in [1.807, 2.05) is 19.9 Å². The second-order valence-electron chi connectivity index (χ2n) is 4.41. The lowest BCUT2D eigenvalue weighted by atomic mass is 10.1. The second kappa shape index (κ2) is 2.75. The van der Waals surface area contributed by atoms with E-state index in [4.69, 9.17) is 10.2 Å². The molecule has 0 radical (unpaired) electrons. The third-order valence-corrected chi connectivity index (χ3v) is 3.09. The molecular weight excluding hydrogens is 188 g/mol. The van der Waals surface area contributed by atoms with Crippen LogP contribution in [0.2, 0.25) is 0 Å². The van der Waals surface area contributed by atoms with E-state index >= 15 is 0 Å². The summed E-state index contributed by atoms with van der Waals surface area (Å²) in [5, 5.41) is 0. The number of nitrogen functional groups attached to an aromatic ring is 1. The van der Waals surface area contributed by atoms with Gasteiger partial charge >= 0.3 is 0 Å². The number of oxazole rings is 1. The predicted molar refractivity (Wildman–Crippen MR) is 59.9 cm³/mol. The SMILES string of the molecule is Cc1c(N)cc(C)c2oc(C3CC3)nc12. The van der Waals surface area contributed by atoms with Gasteiger partial charge in [0.05, 0.1) is 0 Å². The number of rotatable bonds is 1. The molecule has 0 aliphatic heterocycles. The first kappa shape index (κ1) is 8.77. The molecule has 1 fully saturated rings. The van der Waals surface area contributed by atoms with Crippen LogP contribution in [0.25, 0.3) is 11.1 Å². The van der Waals surface area contributed by atoms with Crippen molar-refractivity contribution in [2.45, 2.75) is 32.6 Å². The molecule has 1 aliphatic carbocycles. The zero-order valence-corrected chi connectivity index (χ0v) is 9.00. The first-order chi connectivity index (χ1) is 7.16. The van der Waals surface area contributed by atoms with E-state index in [9.17, 15) is 0 Å². The quantitative estimate of drug-likeness (QED) is 0.723. The summed E-state index contributed by atoms with van der Waals surface area (Å²) in [7, 11) is 0. The molecule has 3 nitrogen and oxygen atoms in total. The summed E-state index contributed by atoms with van der Waals surface area (Å²) in [6.45, 7) is 4.01. The molecule has 0 atom stereocenters. The molecule has 0 bridgehead atoms. The van der Waals surface area contributed by atoms with Crippen LogP contribution in [0.3, 0.4) is 0 Å². The minimum atomic E-state index is 0.553. The van der Waals surface area contributed by atoms with Crippen LogP contribution in [-0.2, 0) is 0 Å². The van der Waals surface area contributed by atoms with Gasteiger partial charge in [-0.15, -0.1) is 0 Å². The highest BCUT2D eigenvalue weighted by Gasteiger charge is 2.29. The molecule has 0 saturated heterocycles. The van der Waals surface area contributed by atoms with Gasteiger partial charge in [-0.25, -0.2) is 4.98 Å². The van der Waals surface area contributed by atoms with E-state index < -0.39 is 0 Å². The van der Waals surface area contributed by atoms with Gasteiger partial charge in [-0.3, -0.25) is 0 Å². The lowest BCUT2D eigenvalue weighted by Crippen LogP contribution is -1.91. The number of fused-ring (bicyclic) bond motifs is 1. The molecule has 3 rings (SSSR count). The largest absolute Gasteiger partial charge is 0.440 e. The molecule has 0 spiro atoms. The summed E-state index contributed by atoms with van der Waals surface area (Å²) in [4.78, 5) is 4.55. The molecule has 15 heavy (non-hydrogen) atoms. The summed E-state index contributed by atoms with van der Waals surface area (Å²) in [5.74, 6) is 1.44. The third-order valence-electron chi connectivity index (χ3n) is 3.09. The summed E-state index contributed by atoms with van der Waals surface area (Å²) in [5.41, 5.74) is 10.7. The number of anilines is 1. The van der Waals surface area contributed by atoms with Gasteiger partial charge in [0.1, 0.15) is 5.52 Å². The molecule has 1 aromatic carbocycles. The van der Waals surface area contributed by atoms with Gasteiger partial charge in [-0.2, -0.15) is 0 Å². The number of hydrogen-bond acceptors (Lipinski definition) is 3. The van der Waals surface area contributed by atoms with Crippen LogP contribution in [0.5, 0.6) is 0 Å². The lowest BCUT2D eigenvalue weighted by molar-refractivity contribution is 0.531. The third kappa shape index (κ3) is 1.23. The van der Waals surface area contributed by atoms with E-state index in [2.05, 4.69) is 4.98 Å². The Morgan fingerprint density at radius 3 is 2.80 bits per heavy atom. The van der Waals surface area contributed by atoms with Crippen LogP contribution in [-0.4, -0.2) is 4.98 Å². The fraction of sp³-hybridized carbons (Fsp3) is 0.417. The summed E-state index contributed by atoms with van der Waals surface area (Å²) in [6, 6.07) is 1.96. The molecule has 1 saturated carbocycles. The molecule has 1 aliphatic rings. The van der Waals surface area contributed by atoms with Crippen molar-refractivity contribution >= 4 is 16.8 Å². The van der Waals surface area contributed by atoms with Gasteiger partial charge in [0, 0.05) is 17.2 Å². The number of nitrogens with zero attached hydrogens (tertiary/aromatic N) is 1. The average molecular weight is 202 g/mol. The van der Waals surface area contributed by atoms with Crippen molar-refractivity contribution in [2.75, 3.05) is 5.73 Å².